The molecule has 0 unspecified atom stereocenters. The Balaban J connectivity index is 2.38. The van der Waals surface area contributed by atoms with Gasteiger partial charge < -0.3 is 10.1 Å². The average molecular weight is 304 g/mol. The predicted octanol–water partition coefficient (Wildman–Crippen LogP) is 0.898. The Morgan fingerprint density at radius 1 is 1.47 bits per heavy atom. The number of Topliss-reactive ketones (excluding diaryl/α,β-unsaturated/α-hetero) is 1. The first-order chi connectivity index (χ1) is 8.76. The Hall–Kier alpha value is -1.60. The van der Waals surface area contributed by atoms with E-state index in [0.717, 1.165) is 6.26 Å². The number of ether oxygens (including phenoxy) is 1. The number of sulfone groups is 1. The number of hydrogen-bond donors (Lipinski definition) is 1. The normalized spacial score (nSPS) is 14.3. The van der Waals surface area contributed by atoms with Crippen LogP contribution in [0.1, 0.15) is 10.4 Å². The monoisotopic (exact) mass is 303 g/mol. The van der Waals surface area contributed by atoms with Crippen molar-refractivity contribution in [3.63, 3.8) is 0 Å². The molecule has 1 aromatic carbocycles. The molecular formula is C11H10ClNO5S. The zero-order valence-electron chi connectivity index (χ0n) is 9.90. The van der Waals surface area contributed by atoms with Crippen molar-refractivity contribution >= 4 is 38.8 Å². The van der Waals surface area contributed by atoms with E-state index in [1.807, 2.05) is 0 Å². The van der Waals surface area contributed by atoms with Gasteiger partial charge in [0.2, 0.25) is 0 Å². The first-order valence-corrected chi connectivity index (χ1v) is 7.67. The molecule has 0 aliphatic carbocycles. The Morgan fingerprint density at radius 3 is 2.79 bits per heavy atom. The Labute approximate surface area is 114 Å². The second-order valence-electron chi connectivity index (χ2n) is 4.16. The molecule has 0 spiro atoms. The van der Waals surface area contributed by atoms with Gasteiger partial charge >= 0.3 is 0 Å². The number of benzene rings is 1. The molecule has 6 nitrogen and oxygen atoms in total. The SMILES string of the molecule is CS(=O)(=O)CC(=O)c1cc2c(cc1Cl)NC(=O)CO2. The molecule has 0 bridgehead atoms. The van der Waals surface area contributed by atoms with Crippen LogP contribution in [0.5, 0.6) is 5.75 Å². The van der Waals surface area contributed by atoms with Crippen molar-refractivity contribution in [1.29, 1.82) is 0 Å². The fraction of sp³-hybridized carbons (Fsp3) is 0.273. The van der Waals surface area contributed by atoms with Gasteiger partial charge in [-0.25, -0.2) is 8.42 Å². The maximum absolute atomic E-state index is 11.8. The highest BCUT2D eigenvalue weighted by atomic mass is 35.5. The lowest BCUT2D eigenvalue weighted by molar-refractivity contribution is -0.118. The lowest BCUT2D eigenvalue weighted by atomic mass is 10.1. The summed E-state index contributed by atoms with van der Waals surface area (Å²) < 4.78 is 27.4. The zero-order chi connectivity index (χ0) is 14.2. The van der Waals surface area contributed by atoms with Gasteiger partial charge in [-0.1, -0.05) is 11.6 Å². The number of ketones is 1. The van der Waals surface area contributed by atoms with Gasteiger partial charge in [-0.05, 0) is 12.1 Å². The highest BCUT2D eigenvalue weighted by molar-refractivity contribution is 7.91. The van der Waals surface area contributed by atoms with Crippen molar-refractivity contribution < 1.29 is 22.7 Å². The van der Waals surface area contributed by atoms with Gasteiger partial charge in [0.05, 0.1) is 10.7 Å². The minimum absolute atomic E-state index is 0.0574. The second kappa shape index (κ2) is 4.82. The third kappa shape index (κ3) is 3.24. The molecule has 2 rings (SSSR count). The zero-order valence-corrected chi connectivity index (χ0v) is 11.5. The first-order valence-electron chi connectivity index (χ1n) is 5.23. The quantitative estimate of drug-likeness (QED) is 0.838. The third-order valence-corrected chi connectivity index (χ3v) is 3.50. The predicted molar refractivity (Wildman–Crippen MR) is 69.6 cm³/mol. The van der Waals surface area contributed by atoms with E-state index < -0.39 is 21.4 Å². The summed E-state index contributed by atoms with van der Waals surface area (Å²) in [4.78, 5) is 22.9. The van der Waals surface area contributed by atoms with Gasteiger partial charge in [0.25, 0.3) is 5.91 Å². The van der Waals surface area contributed by atoms with Crippen molar-refractivity contribution in [2.24, 2.45) is 0 Å². The molecule has 1 heterocycles. The van der Waals surface area contributed by atoms with Crippen molar-refractivity contribution in [3.8, 4) is 5.75 Å². The number of halogens is 1. The van der Waals surface area contributed by atoms with Crippen LogP contribution in [0.4, 0.5) is 5.69 Å². The lowest BCUT2D eigenvalue weighted by Gasteiger charge is -2.19. The Bertz CT molecular complexity index is 668. The molecule has 0 saturated heterocycles. The van der Waals surface area contributed by atoms with E-state index in [-0.39, 0.29) is 23.1 Å². The van der Waals surface area contributed by atoms with Gasteiger partial charge in [-0.15, -0.1) is 0 Å². The number of carbonyl (C=O) groups excluding carboxylic acids is 2. The summed E-state index contributed by atoms with van der Waals surface area (Å²) in [6, 6.07) is 2.70. The molecule has 1 aliphatic heterocycles. The summed E-state index contributed by atoms with van der Waals surface area (Å²) in [7, 11) is -3.44. The van der Waals surface area contributed by atoms with E-state index in [4.69, 9.17) is 16.3 Å². The van der Waals surface area contributed by atoms with Crippen molar-refractivity contribution in [2.75, 3.05) is 23.9 Å². The van der Waals surface area contributed by atoms with Gasteiger partial charge in [-0.2, -0.15) is 0 Å². The average Bonchev–Trinajstić information content (AvgIpc) is 2.25. The van der Waals surface area contributed by atoms with Crippen molar-refractivity contribution in [3.05, 3.63) is 22.7 Å². The number of amides is 1. The fourth-order valence-corrected chi connectivity index (χ4v) is 2.53. The summed E-state index contributed by atoms with van der Waals surface area (Å²) in [5.74, 6) is -1.27. The summed E-state index contributed by atoms with van der Waals surface area (Å²) in [6.07, 6.45) is 0.966. The highest BCUT2D eigenvalue weighted by Gasteiger charge is 2.22. The molecule has 0 atom stereocenters. The van der Waals surface area contributed by atoms with Gasteiger partial charge in [0.15, 0.2) is 22.2 Å². The van der Waals surface area contributed by atoms with Crippen molar-refractivity contribution in [2.45, 2.75) is 0 Å². The minimum Gasteiger partial charge on any atom is -0.482 e. The molecule has 0 saturated carbocycles. The molecule has 0 aromatic heterocycles. The Kier molecular flexibility index (Phi) is 3.51. The van der Waals surface area contributed by atoms with E-state index in [0.29, 0.717) is 11.4 Å². The van der Waals surface area contributed by atoms with Crippen LogP contribution in [-0.4, -0.2) is 38.7 Å². The second-order valence-corrected chi connectivity index (χ2v) is 6.71. The first kappa shape index (κ1) is 13.8. The van der Waals surface area contributed by atoms with Gasteiger partial charge in [0.1, 0.15) is 11.5 Å². The van der Waals surface area contributed by atoms with E-state index in [9.17, 15) is 18.0 Å². The van der Waals surface area contributed by atoms with Gasteiger partial charge in [0, 0.05) is 11.8 Å². The molecule has 102 valence electrons. The number of nitrogens with one attached hydrogen (secondary N) is 1. The largest absolute Gasteiger partial charge is 0.482 e. The van der Waals surface area contributed by atoms with E-state index in [2.05, 4.69) is 5.32 Å². The van der Waals surface area contributed by atoms with Crippen LogP contribution < -0.4 is 10.1 Å². The highest BCUT2D eigenvalue weighted by Crippen LogP contribution is 2.33. The van der Waals surface area contributed by atoms with Crippen LogP contribution in [0, 0.1) is 0 Å². The molecule has 1 amide bonds. The lowest BCUT2D eigenvalue weighted by Crippen LogP contribution is -2.26. The van der Waals surface area contributed by atoms with Crippen LogP contribution in [-0.2, 0) is 14.6 Å². The number of fused-ring (bicyclic) bond motifs is 1. The number of rotatable bonds is 3. The summed E-state index contributed by atoms with van der Waals surface area (Å²) in [6.45, 7) is -0.158. The van der Waals surface area contributed by atoms with Gasteiger partial charge in [-0.3, -0.25) is 9.59 Å². The maximum Gasteiger partial charge on any atom is 0.262 e. The molecule has 0 fully saturated rings. The van der Waals surface area contributed by atoms with E-state index >= 15 is 0 Å². The molecule has 1 N–H and O–H groups in total. The molecule has 1 aromatic rings. The van der Waals surface area contributed by atoms with E-state index in [1.165, 1.54) is 12.1 Å². The van der Waals surface area contributed by atoms with Crippen LogP contribution >= 0.6 is 11.6 Å². The van der Waals surface area contributed by atoms with Crippen LogP contribution in [0.3, 0.4) is 0 Å². The minimum atomic E-state index is -3.44. The topological polar surface area (TPSA) is 89.5 Å². The Morgan fingerprint density at radius 2 is 2.16 bits per heavy atom. The van der Waals surface area contributed by atoms with Crippen LogP contribution in [0.15, 0.2) is 12.1 Å². The maximum atomic E-state index is 11.8. The molecule has 0 radical (unpaired) electrons. The molecule has 1 aliphatic rings. The third-order valence-electron chi connectivity index (χ3n) is 2.40. The number of hydrogen-bond acceptors (Lipinski definition) is 5. The number of carbonyl (C=O) groups is 2. The van der Waals surface area contributed by atoms with E-state index in [1.54, 1.807) is 0 Å². The molecule has 8 heteroatoms. The summed E-state index contributed by atoms with van der Waals surface area (Å²) in [5.41, 5.74) is 0.416. The van der Waals surface area contributed by atoms with Crippen molar-refractivity contribution in [1.82, 2.24) is 0 Å². The smallest absolute Gasteiger partial charge is 0.262 e. The van der Waals surface area contributed by atoms with Crippen LogP contribution in [0.2, 0.25) is 5.02 Å². The molecular weight excluding hydrogens is 294 g/mol. The molecule has 19 heavy (non-hydrogen) atoms. The van der Waals surface area contributed by atoms with Crippen LogP contribution in [0.25, 0.3) is 0 Å². The summed E-state index contributed by atoms with van der Waals surface area (Å²) in [5, 5.41) is 2.60. The number of anilines is 1. The summed E-state index contributed by atoms with van der Waals surface area (Å²) >= 11 is 5.91. The fourth-order valence-electron chi connectivity index (χ4n) is 1.63. The standard InChI is InChI=1S/C11H10ClNO5S/c1-19(16,17)5-9(14)6-2-10-8(3-7(6)12)13-11(15)4-18-10/h2-3H,4-5H2,1H3,(H,13,15).